The van der Waals surface area contributed by atoms with Crippen LogP contribution in [0.2, 0.25) is 0 Å². The van der Waals surface area contributed by atoms with E-state index in [0.29, 0.717) is 12.1 Å². The van der Waals surface area contributed by atoms with Crippen molar-refractivity contribution in [2.24, 2.45) is 0 Å². The lowest BCUT2D eigenvalue weighted by atomic mass is 10.1. The maximum Gasteiger partial charge on any atom is 0.321 e. The molecule has 3 amide bonds. The second kappa shape index (κ2) is 8.05. The van der Waals surface area contributed by atoms with Crippen LogP contribution in [0, 0.1) is 11.6 Å². The topological polar surface area (TPSA) is 67.4 Å². The van der Waals surface area contributed by atoms with E-state index in [1.54, 1.807) is 37.3 Å². The highest BCUT2D eigenvalue weighted by molar-refractivity contribution is 5.97. The van der Waals surface area contributed by atoms with Gasteiger partial charge in [-0.05, 0) is 19.1 Å². The Hall–Kier alpha value is -2.96. The third kappa shape index (κ3) is 4.52. The molecule has 0 aliphatic heterocycles. The van der Waals surface area contributed by atoms with E-state index < -0.39 is 29.7 Å². The van der Waals surface area contributed by atoms with Gasteiger partial charge in [-0.25, -0.2) is 13.6 Å². The van der Waals surface area contributed by atoms with E-state index in [9.17, 15) is 18.4 Å². The molecule has 2 aromatic carbocycles. The Morgan fingerprint density at radius 3 is 2.42 bits per heavy atom. The van der Waals surface area contributed by atoms with Gasteiger partial charge < -0.3 is 10.1 Å². The second-order valence-electron chi connectivity index (χ2n) is 4.83. The van der Waals surface area contributed by atoms with Gasteiger partial charge in [0.05, 0.1) is 0 Å². The number of benzene rings is 2. The van der Waals surface area contributed by atoms with Crippen LogP contribution in [-0.4, -0.2) is 18.5 Å². The molecule has 2 aromatic rings. The third-order valence-corrected chi connectivity index (χ3v) is 3.06. The number of imide groups is 1. The molecule has 24 heavy (non-hydrogen) atoms. The molecule has 2 N–H and O–H groups in total. The summed E-state index contributed by atoms with van der Waals surface area (Å²) in [5.41, 5.74) is 0.462. The molecule has 0 heterocycles. The lowest BCUT2D eigenvalue weighted by Crippen LogP contribution is -2.42. The van der Waals surface area contributed by atoms with Crippen LogP contribution in [0.15, 0.2) is 48.5 Å². The summed E-state index contributed by atoms with van der Waals surface area (Å²) in [6.45, 7) is 2.05. The zero-order valence-electron chi connectivity index (χ0n) is 12.9. The van der Waals surface area contributed by atoms with E-state index in [-0.39, 0.29) is 5.75 Å². The van der Waals surface area contributed by atoms with Crippen molar-refractivity contribution < 1.29 is 23.1 Å². The Labute approximate surface area is 137 Å². The van der Waals surface area contributed by atoms with Crippen molar-refractivity contribution in [3.63, 3.8) is 0 Å². The molecule has 0 radical (unpaired) electrons. The molecule has 0 aromatic heterocycles. The van der Waals surface area contributed by atoms with Gasteiger partial charge >= 0.3 is 6.03 Å². The average Bonchev–Trinajstić information content (AvgIpc) is 2.56. The molecule has 0 saturated heterocycles. The van der Waals surface area contributed by atoms with Crippen molar-refractivity contribution in [1.29, 1.82) is 0 Å². The van der Waals surface area contributed by atoms with Crippen LogP contribution in [0.5, 0.6) is 5.75 Å². The SMILES string of the molecule is CCNC(=O)NC(=O)[C@H](Oc1ccc(F)c(F)c1)c1ccccc1. The Morgan fingerprint density at radius 1 is 1.08 bits per heavy atom. The normalized spacial score (nSPS) is 11.5. The second-order valence-corrected chi connectivity index (χ2v) is 4.83. The lowest BCUT2D eigenvalue weighted by molar-refractivity contribution is -0.127. The number of hydrogen-bond donors (Lipinski definition) is 2. The first-order chi connectivity index (χ1) is 11.5. The summed E-state index contributed by atoms with van der Waals surface area (Å²) in [4.78, 5) is 23.9. The van der Waals surface area contributed by atoms with Gasteiger partial charge in [-0.1, -0.05) is 30.3 Å². The van der Waals surface area contributed by atoms with Gasteiger partial charge in [0.2, 0.25) is 6.10 Å². The summed E-state index contributed by atoms with van der Waals surface area (Å²) in [7, 11) is 0. The number of nitrogens with one attached hydrogen (secondary N) is 2. The highest BCUT2D eigenvalue weighted by atomic mass is 19.2. The number of ether oxygens (including phenoxy) is 1. The fourth-order valence-electron chi connectivity index (χ4n) is 1.97. The molecule has 126 valence electrons. The summed E-state index contributed by atoms with van der Waals surface area (Å²) < 4.78 is 31.8. The fourth-order valence-corrected chi connectivity index (χ4v) is 1.97. The quantitative estimate of drug-likeness (QED) is 0.883. The third-order valence-electron chi connectivity index (χ3n) is 3.06. The monoisotopic (exact) mass is 334 g/mol. The molecule has 7 heteroatoms. The van der Waals surface area contributed by atoms with Crippen LogP contribution in [0.4, 0.5) is 13.6 Å². The van der Waals surface area contributed by atoms with Crippen LogP contribution in [-0.2, 0) is 4.79 Å². The van der Waals surface area contributed by atoms with E-state index in [1.807, 2.05) is 0 Å². The van der Waals surface area contributed by atoms with Crippen LogP contribution in [0.25, 0.3) is 0 Å². The van der Waals surface area contributed by atoms with E-state index in [4.69, 9.17) is 4.74 Å². The molecule has 2 rings (SSSR count). The minimum Gasteiger partial charge on any atom is -0.476 e. The standard InChI is InChI=1S/C17H16F2N2O3/c1-2-20-17(23)21-16(22)15(11-6-4-3-5-7-11)24-12-8-9-13(18)14(19)10-12/h3-10,15H,2H2,1H3,(H2,20,21,22,23)/t15-/m1/s1. The number of rotatable bonds is 5. The maximum absolute atomic E-state index is 13.3. The molecular formula is C17H16F2N2O3. The lowest BCUT2D eigenvalue weighted by Gasteiger charge is -2.19. The summed E-state index contributed by atoms with van der Waals surface area (Å²) in [6.07, 6.45) is -1.20. The first kappa shape index (κ1) is 17.4. The van der Waals surface area contributed by atoms with Gasteiger partial charge in [0.25, 0.3) is 5.91 Å². The zero-order chi connectivity index (χ0) is 17.5. The van der Waals surface area contributed by atoms with Gasteiger partial charge in [-0.15, -0.1) is 0 Å². The first-order valence-electron chi connectivity index (χ1n) is 7.26. The number of carbonyl (C=O) groups excluding carboxylic acids is 2. The fraction of sp³-hybridized carbons (Fsp3) is 0.176. The van der Waals surface area contributed by atoms with Crippen LogP contribution < -0.4 is 15.4 Å². The maximum atomic E-state index is 13.3. The molecule has 0 saturated carbocycles. The molecule has 0 aliphatic carbocycles. The molecule has 0 bridgehead atoms. The summed E-state index contributed by atoms with van der Waals surface area (Å²) in [5.74, 6) is -2.88. The van der Waals surface area contributed by atoms with E-state index in [1.165, 1.54) is 6.07 Å². The van der Waals surface area contributed by atoms with E-state index in [2.05, 4.69) is 10.6 Å². The summed E-state index contributed by atoms with van der Waals surface area (Å²) in [6, 6.07) is 10.7. The average molecular weight is 334 g/mol. The highest BCUT2D eigenvalue weighted by Crippen LogP contribution is 2.24. The molecule has 1 atom stereocenters. The summed E-state index contributed by atoms with van der Waals surface area (Å²) >= 11 is 0. The van der Waals surface area contributed by atoms with Gasteiger partial charge in [-0.3, -0.25) is 10.1 Å². The van der Waals surface area contributed by atoms with Gasteiger partial charge in [0.15, 0.2) is 11.6 Å². The van der Waals surface area contributed by atoms with E-state index in [0.717, 1.165) is 12.1 Å². The van der Waals surface area contributed by atoms with Crippen LogP contribution in [0.1, 0.15) is 18.6 Å². The van der Waals surface area contributed by atoms with Crippen molar-refractivity contribution in [2.45, 2.75) is 13.0 Å². The predicted molar refractivity (Wildman–Crippen MR) is 83.4 cm³/mol. The molecular weight excluding hydrogens is 318 g/mol. The molecule has 0 spiro atoms. The van der Waals surface area contributed by atoms with Crippen molar-refractivity contribution in [3.8, 4) is 5.75 Å². The predicted octanol–water partition coefficient (Wildman–Crippen LogP) is 2.93. The Bertz CT molecular complexity index is 723. The van der Waals surface area contributed by atoms with Crippen LogP contribution in [0.3, 0.4) is 0 Å². The number of hydrogen-bond acceptors (Lipinski definition) is 3. The first-order valence-corrected chi connectivity index (χ1v) is 7.26. The molecule has 0 aliphatic rings. The minimum absolute atomic E-state index is 0.0335. The van der Waals surface area contributed by atoms with Gasteiger partial charge in [-0.2, -0.15) is 0 Å². The Morgan fingerprint density at radius 2 is 1.79 bits per heavy atom. The highest BCUT2D eigenvalue weighted by Gasteiger charge is 2.24. The number of amides is 3. The van der Waals surface area contributed by atoms with Gasteiger partial charge in [0.1, 0.15) is 5.75 Å². The molecule has 0 unspecified atom stereocenters. The number of carbonyl (C=O) groups is 2. The van der Waals surface area contributed by atoms with Gasteiger partial charge in [0, 0.05) is 18.2 Å². The zero-order valence-corrected chi connectivity index (χ0v) is 12.9. The minimum atomic E-state index is -1.20. The number of halogens is 2. The molecule has 0 fully saturated rings. The summed E-state index contributed by atoms with van der Waals surface area (Å²) in [5, 5.41) is 4.57. The Kier molecular flexibility index (Phi) is 5.83. The Balaban J connectivity index is 2.24. The largest absolute Gasteiger partial charge is 0.476 e. The van der Waals surface area contributed by atoms with Crippen molar-refractivity contribution >= 4 is 11.9 Å². The molecule has 5 nitrogen and oxygen atoms in total. The van der Waals surface area contributed by atoms with Crippen molar-refractivity contribution in [1.82, 2.24) is 10.6 Å². The van der Waals surface area contributed by atoms with Crippen molar-refractivity contribution in [3.05, 3.63) is 65.7 Å². The number of urea groups is 1. The smallest absolute Gasteiger partial charge is 0.321 e. The van der Waals surface area contributed by atoms with Crippen molar-refractivity contribution in [2.75, 3.05) is 6.54 Å². The van der Waals surface area contributed by atoms with E-state index >= 15 is 0 Å². The van der Waals surface area contributed by atoms with Crippen LogP contribution >= 0.6 is 0 Å².